The van der Waals surface area contributed by atoms with Crippen LogP contribution >= 0.6 is 0 Å². The third-order valence-corrected chi connectivity index (χ3v) is 6.80. The molecule has 2 fully saturated rings. The summed E-state index contributed by atoms with van der Waals surface area (Å²) in [5, 5.41) is 2.87. The molecule has 0 unspecified atom stereocenters. The van der Waals surface area contributed by atoms with E-state index in [0.29, 0.717) is 18.7 Å². The highest BCUT2D eigenvalue weighted by Gasteiger charge is 2.36. The number of hydrogen-bond acceptors (Lipinski definition) is 4. The van der Waals surface area contributed by atoms with Crippen molar-refractivity contribution in [1.82, 2.24) is 20.0 Å². The minimum atomic E-state index is -4.49. The SMILES string of the molecule is CN1CCN(Cc2ccc(-c3ccc(COC4CN(C(=O)NC(C)(C)C)C4)c(C(F)(F)F)c3)cc2)CC1. The Bertz CT molecular complexity index is 1070. The van der Waals surface area contributed by atoms with E-state index in [1.54, 1.807) is 11.0 Å². The first-order chi connectivity index (χ1) is 17.4. The molecule has 2 aliphatic rings. The zero-order valence-electron chi connectivity index (χ0n) is 22.1. The van der Waals surface area contributed by atoms with Crippen molar-refractivity contribution in [3.63, 3.8) is 0 Å². The van der Waals surface area contributed by atoms with Crippen molar-refractivity contribution in [3.8, 4) is 11.1 Å². The van der Waals surface area contributed by atoms with Crippen LogP contribution in [0, 0.1) is 0 Å². The molecule has 202 valence electrons. The van der Waals surface area contributed by atoms with Gasteiger partial charge in [-0.25, -0.2) is 4.79 Å². The Morgan fingerprint density at radius 1 is 0.973 bits per heavy atom. The van der Waals surface area contributed by atoms with Crippen molar-refractivity contribution in [2.24, 2.45) is 0 Å². The van der Waals surface area contributed by atoms with Crippen LogP contribution in [-0.4, -0.2) is 78.7 Å². The van der Waals surface area contributed by atoms with Gasteiger partial charge in [0, 0.05) is 38.3 Å². The number of nitrogens with one attached hydrogen (secondary N) is 1. The van der Waals surface area contributed by atoms with E-state index in [9.17, 15) is 18.0 Å². The molecule has 0 radical (unpaired) electrons. The van der Waals surface area contributed by atoms with Gasteiger partial charge < -0.3 is 19.9 Å². The summed E-state index contributed by atoms with van der Waals surface area (Å²) in [5.74, 6) is 0. The van der Waals surface area contributed by atoms with E-state index in [1.165, 1.54) is 12.1 Å². The number of hydrogen-bond donors (Lipinski definition) is 1. The van der Waals surface area contributed by atoms with Crippen LogP contribution in [0.5, 0.6) is 0 Å². The van der Waals surface area contributed by atoms with E-state index in [2.05, 4.69) is 22.2 Å². The number of piperazine rings is 1. The van der Waals surface area contributed by atoms with Gasteiger partial charge in [-0.15, -0.1) is 0 Å². The summed E-state index contributed by atoms with van der Waals surface area (Å²) in [4.78, 5) is 18.5. The van der Waals surface area contributed by atoms with Crippen LogP contribution in [0.4, 0.5) is 18.0 Å². The average molecular weight is 519 g/mol. The molecule has 6 nitrogen and oxygen atoms in total. The fourth-order valence-electron chi connectivity index (χ4n) is 4.53. The van der Waals surface area contributed by atoms with Gasteiger partial charge in [-0.3, -0.25) is 4.90 Å². The fraction of sp³-hybridized carbons (Fsp3) is 0.536. The Hall–Kier alpha value is -2.62. The average Bonchev–Trinajstić information content (AvgIpc) is 2.78. The molecule has 0 aromatic heterocycles. The maximum Gasteiger partial charge on any atom is 0.416 e. The number of nitrogens with zero attached hydrogens (tertiary/aromatic N) is 3. The van der Waals surface area contributed by atoms with Crippen molar-refractivity contribution in [2.75, 3.05) is 46.3 Å². The molecule has 2 saturated heterocycles. The number of amides is 2. The lowest BCUT2D eigenvalue weighted by atomic mass is 9.98. The van der Waals surface area contributed by atoms with Crippen LogP contribution in [0.3, 0.4) is 0 Å². The molecular formula is C28H37F3N4O2. The van der Waals surface area contributed by atoms with Gasteiger partial charge >= 0.3 is 12.2 Å². The lowest BCUT2D eigenvalue weighted by Gasteiger charge is -2.40. The fourth-order valence-corrected chi connectivity index (χ4v) is 4.53. The van der Waals surface area contributed by atoms with Gasteiger partial charge in [-0.05, 0) is 56.1 Å². The lowest BCUT2D eigenvalue weighted by Crippen LogP contribution is -2.60. The maximum atomic E-state index is 13.9. The number of urea groups is 1. The van der Waals surface area contributed by atoms with Gasteiger partial charge in [-0.2, -0.15) is 13.2 Å². The van der Waals surface area contributed by atoms with Gasteiger partial charge in [0.15, 0.2) is 0 Å². The molecular weight excluding hydrogens is 481 g/mol. The van der Waals surface area contributed by atoms with Gasteiger partial charge in [0.05, 0.1) is 31.4 Å². The lowest BCUT2D eigenvalue weighted by molar-refractivity contribution is -0.139. The summed E-state index contributed by atoms with van der Waals surface area (Å²) in [6.07, 6.45) is -4.77. The highest BCUT2D eigenvalue weighted by Crippen LogP contribution is 2.36. The van der Waals surface area contributed by atoms with Gasteiger partial charge in [0.2, 0.25) is 0 Å². The van der Waals surface area contributed by atoms with Gasteiger partial charge in [0.1, 0.15) is 0 Å². The molecule has 0 saturated carbocycles. The number of ether oxygens (including phenoxy) is 1. The number of halogens is 3. The number of carbonyl (C=O) groups excluding carboxylic acids is 1. The molecule has 4 rings (SSSR count). The van der Waals surface area contributed by atoms with Crippen LogP contribution in [0.2, 0.25) is 0 Å². The summed E-state index contributed by atoms with van der Waals surface area (Å²) in [6, 6.07) is 12.0. The largest absolute Gasteiger partial charge is 0.416 e. The molecule has 0 bridgehead atoms. The van der Waals surface area contributed by atoms with E-state index in [0.717, 1.165) is 43.9 Å². The van der Waals surface area contributed by atoms with Crippen molar-refractivity contribution in [3.05, 3.63) is 59.2 Å². The Kier molecular flexibility index (Phi) is 8.16. The quantitative estimate of drug-likeness (QED) is 0.595. The zero-order chi connectivity index (χ0) is 26.8. The highest BCUT2D eigenvalue weighted by molar-refractivity contribution is 5.75. The second kappa shape index (κ2) is 11.0. The van der Waals surface area contributed by atoms with Crippen LogP contribution < -0.4 is 5.32 Å². The third kappa shape index (κ3) is 7.46. The normalized spacial score (nSPS) is 18.1. The van der Waals surface area contributed by atoms with E-state index in [-0.39, 0.29) is 29.8 Å². The maximum absolute atomic E-state index is 13.9. The molecule has 2 aromatic carbocycles. The predicted octanol–water partition coefficient (Wildman–Crippen LogP) is 4.83. The molecule has 0 aliphatic carbocycles. The number of likely N-dealkylation sites (tertiary alicyclic amines) is 1. The molecule has 0 atom stereocenters. The first-order valence-corrected chi connectivity index (χ1v) is 12.8. The molecule has 2 heterocycles. The predicted molar refractivity (Wildman–Crippen MR) is 138 cm³/mol. The van der Waals surface area contributed by atoms with Crippen LogP contribution in [-0.2, 0) is 24.1 Å². The van der Waals surface area contributed by atoms with Crippen molar-refractivity contribution in [1.29, 1.82) is 0 Å². The molecule has 37 heavy (non-hydrogen) atoms. The molecule has 2 aliphatic heterocycles. The first-order valence-electron chi connectivity index (χ1n) is 12.8. The number of carbonyl (C=O) groups is 1. The Morgan fingerprint density at radius 3 is 2.19 bits per heavy atom. The Labute approximate surface area is 217 Å². The van der Waals surface area contributed by atoms with E-state index in [1.807, 2.05) is 45.0 Å². The summed E-state index contributed by atoms with van der Waals surface area (Å²) in [5.41, 5.74) is 1.49. The van der Waals surface area contributed by atoms with Crippen LogP contribution in [0.1, 0.15) is 37.5 Å². The van der Waals surface area contributed by atoms with Gasteiger partial charge in [0.25, 0.3) is 0 Å². The molecule has 2 amide bonds. The monoisotopic (exact) mass is 518 g/mol. The first kappa shape index (κ1) is 27.4. The second-order valence-electron chi connectivity index (χ2n) is 11.2. The summed E-state index contributed by atoms with van der Waals surface area (Å²) in [6.45, 7) is 11.2. The number of benzene rings is 2. The van der Waals surface area contributed by atoms with E-state index < -0.39 is 11.7 Å². The number of alkyl halides is 3. The summed E-state index contributed by atoms with van der Waals surface area (Å²) >= 11 is 0. The van der Waals surface area contributed by atoms with Crippen molar-refractivity contribution >= 4 is 6.03 Å². The van der Waals surface area contributed by atoms with Crippen molar-refractivity contribution < 1.29 is 22.7 Å². The van der Waals surface area contributed by atoms with Crippen molar-refractivity contribution in [2.45, 2.75) is 51.7 Å². The molecule has 2 aromatic rings. The Balaban J connectivity index is 1.37. The van der Waals surface area contributed by atoms with E-state index in [4.69, 9.17) is 4.74 Å². The minimum absolute atomic E-state index is 0.0977. The standard InChI is InChI=1S/C28H37F3N4O2/c1-27(2,3)32-26(36)35-17-24(18-35)37-19-23-10-9-22(15-25(23)28(29,30)31)21-7-5-20(6-8-21)16-34-13-11-33(4)12-14-34/h5-10,15,24H,11-14,16-19H2,1-4H3,(H,32,36). The topological polar surface area (TPSA) is 48.1 Å². The number of rotatable bonds is 6. The minimum Gasteiger partial charge on any atom is -0.370 e. The molecule has 0 spiro atoms. The summed E-state index contributed by atoms with van der Waals surface area (Å²) in [7, 11) is 2.12. The van der Waals surface area contributed by atoms with Gasteiger partial charge in [-0.1, -0.05) is 36.4 Å². The van der Waals surface area contributed by atoms with Crippen LogP contribution in [0.15, 0.2) is 42.5 Å². The van der Waals surface area contributed by atoms with E-state index >= 15 is 0 Å². The molecule has 1 N–H and O–H groups in total. The summed E-state index contributed by atoms with van der Waals surface area (Å²) < 4.78 is 47.5. The number of likely N-dealkylation sites (N-methyl/N-ethyl adjacent to an activating group) is 1. The zero-order valence-corrected chi connectivity index (χ0v) is 22.1. The molecule has 9 heteroatoms. The van der Waals surface area contributed by atoms with Crippen LogP contribution in [0.25, 0.3) is 11.1 Å². The second-order valence-corrected chi connectivity index (χ2v) is 11.2. The third-order valence-electron chi connectivity index (χ3n) is 6.80. The smallest absolute Gasteiger partial charge is 0.370 e. The highest BCUT2D eigenvalue weighted by atomic mass is 19.4. The Morgan fingerprint density at radius 2 is 1.59 bits per heavy atom.